The number of hydrogen-bond acceptors (Lipinski definition) is 3. The number of carbonyl (C=O) groups is 2. The van der Waals surface area contributed by atoms with Crippen molar-refractivity contribution >= 4 is 24.2 Å². The van der Waals surface area contributed by atoms with Gasteiger partial charge in [0, 0.05) is 32.2 Å². The van der Waals surface area contributed by atoms with Crippen LogP contribution < -0.4 is 5.32 Å². The molecule has 1 N–H and O–H groups in total. The van der Waals surface area contributed by atoms with Crippen molar-refractivity contribution in [2.45, 2.75) is 43.6 Å². The van der Waals surface area contributed by atoms with Gasteiger partial charge >= 0.3 is 0 Å². The zero-order chi connectivity index (χ0) is 18.1. The number of amides is 2. The Bertz CT molecular complexity index is 710. The molecule has 1 saturated carbocycles. The van der Waals surface area contributed by atoms with Gasteiger partial charge in [0.1, 0.15) is 5.82 Å². The molecule has 27 heavy (non-hydrogen) atoms. The molecule has 2 heterocycles. The lowest BCUT2D eigenvalue weighted by Gasteiger charge is -2.47. The molecule has 0 spiro atoms. The van der Waals surface area contributed by atoms with Crippen molar-refractivity contribution in [1.82, 2.24) is 15.1 Å². The maximum Gasteiger partial charge on any atom is 0.236 e. The van der Waals surface area contributed by atoms with Crippen molar-refractivity contribution in [1.29, 1.82) is 0 Å². The minimum absolute atomic E-state index is 0. The molecule has 1 unspecified atom stereocenters. The fourth-order valence-electron chi connectivity index (χ4n) is 4.65. The number of halogens is 2. The first-order valence-electron chi connectivity index (χ1n) is 9.66. The molecule has 1 aliphatic carbocycles. The topological polar surface area (TPSA) is 52.7 Å². The summed E-state index contributed by atoms with van der Waals surface area (Å²) in [6, 6.07) is 6.61. The van der Waals surface area contributed by atoms with Gasteiger partial charge in [0.15, 0.2) is 0 Å². The van der Waals surface area contributed by atoms with Gasteiger partial charge in [-0.1, -0.05) is 18.6 Å². The second-order valence-electron chi connectivity index (χ2n) is 7.76. The number of piperazine rings is 1. The number of benzene rings is 1. The number of rotatable bonds is 3. The maximum absolute atomic E-state index is 13.7. The molecule has 2 saturated heterocycles. The minimum atomic E-state index is -0.572. The summed E-state index contributed by atoms with van der Waals surface area (Å²) in [6.07, 6.45) is 4.41. The van der Waals surface area contributed by atoms with Crippen molar-refractivity contribution in [3.05, 3.63) is 35.6 Å². The molecule has 0 bridgehead atoms. The summed E-state index contributed by atoms with van der Waals surface area (Å²) in [5.74, 6) is -0.0508. The van der Waals surface area contributed by atoms with Crippen molar-refractivity contribution < 1.29 is 14.0 Å². The van der Waals surface area contributed by atoms with E-state index in [0.29, 0.717) is 19.6 Å². The highest BCUT2D eigenvalue weighted by atomic mass is 35.5. The molecule has 2 amide bonds. The van der Waals surface area contributed by atoms with Crippen LogP contribution in [0.5, 0.6) is 0 Å². The van der Waals surface area contributed by atoms with E-state index in [9.17, 15) is 14.0 Å². The lowest BCUT2D eigenvalue weighted by Crippen LogP contribution is -2.60. The van der Waals surface area contributed by atoms with Gasteiger partial charge in [0.05, 0.1) is 12.0 Å². The quantitative estimate of drug-likeness (QED) is 0.852. The van der Waals surface area contributed by atoms with Gasteiger partial charge in [0.2, 0.25) is 11.8 Å². The number of nitrogens with zero attached hydrogens (tertiary/aromatic N) is 2. The van der Waals surface area contributed by atoms with Crippen LogP contribution in [0.1, 0.15) is 37.7 Å². The molecule has 3 aliphatic rings. The van der Waals surface area contributed by atoms with Crippen LogP contribution in [0.15, 0.2) is 24.3 Å². The molecular weight excluding hydrogens is 369 g/mol. The molecule has 148 valence electrons. The minimum Gasteiger partial charge on any atom is -0.340 e. The zero-order valence-electron chi connectivity index (χ0n) is 15.5. The van der Waals surface area contributed by atoms with Crippen LogP contribution in [-0.2, 0) is 15.0 Å². The van der Waals surface area contributed by atoms with Gasteiger partial charge in [-0.15, -0.1) is 12.4 Å². The van der Waals surface area contributed by atoms with Crippen molar-refractivity contribution in [2.24, 2.45) is 0 Å². The Morgan fingerprint density at radius 3 is 2.70 bits per heavy atom. The highest BCUT2D eigenvalue weighted by Gasteiger charge is 2.48. The van der Waals surface area contributed by atoms with E-state index >= 15 is 0 Å². The highest BCUT2D eigenvalue weighted by Crippen LogP contribution is 2.45. The van der Waals surface area contributed by atoms with Crippen molar-refractivity contribution in [3.63, 3.8) is 0 Å². The summed E-state index contributed by atoms with van der Waals surface area (Å²) in [6.45, 7) is 3.23. The molecule has 1 atom stereocenters. The summed E-state index contributed by atoms with van der Waals surface area (Å²) >= 11 is 0. The lowest BCUT2D eigenvalue weighted by molar-refractivity contribution is -0.146. The van der Waals surface area contributed by atoms with E-state index in [0.717, 1.165) is 50.8 Å². The molecule has 2 aliphatic heterocycles. The summed E-state index contributed by atoms with van der Waals surface area (Å²) in [4.78, 5) is 29.5. The number of carbonyl (C=O) groups excluding carboxylic acids is 2. The first-order chi connectivity index (χ1) is 12.6. The highest BCUT2D eigenvalue weighted by molar-refractivity contribution is 5.89. The Labute approximate surface area is 165 Å². The molecule has 0 aromatic heterocycles. The van der Waals surface area contributed by atoms with Crippen LogP contribution in [0.25, 0.3) is 0 Å². The second kappa shape index (κ2) is 8.15. The fraction of sp³-hybridized carbons (Fsp3) is 0.600. The monoisotopic (exact) mass is 395 g/mol. The number of hydrogen-bond donors (Lipinski definition) is 1. The molecule has 4 rings (SSSR count). The van der Waals surface area contributed by atoms with Gasteiger partial charge in [-0.05, 0) is 43.4 Å². The SMILES string of the molecule is Cl.O=C1CNCCN1C1CCCN(C(=O)C2(c3cccc(F)c3)CCC2)C1. The number of nitrogens with one attached hydrogen (secondary N) is 1. The van der Waals surface area contributed by atoms with Crippen LogP contribution in [0.2, 0.25) is 0 Å². The molecule has 1 aromatic carbocycles. The average molecular weight is 396 g/mol. The molecule has 1 aromatic rings. The van der Waals surface area contributed by atoms with Crippen LogP contribution in [0, 0.1) is 5.82 Å². The molecular formula is C20H27ClFN3O2. The third-order valence-electron chi connectivity index (χ3n) is 6.24. The first-order valence-corrected chi connectivity index (χ1v) is 9.66. The molecule has 3 fully saturated rings. The third kappa shape index (κ3) is 3.69. The van der Waals surface area contributed by atoms with Gasteiger partial charge in [-0.2, -0.15) is 0 Å². The van der Waals surface area contributed by atoms with Crippen LogP contribution >= 0.6 is 12.4 Å². The van der Waals surface area contributed by atoms with Gasteiger partial charge < -0.3 is 15.1 Å². The van der Waals surface area contributed by atoms with E-state index in [2.05, 4.69) is 5.32 Å². The lowest BCUT2D eigenvalue weighted by atomic mass is 9.63. The van der Waals surface area contributed by atoms with Gasteiger partial charge in [-0.3, -0.25) is 9.59 Å². The predicted molar refractivity (Wildman–Crippen MR) is 103 cm³/mol. The summed E-state index contributed by atoms with van der Waals surface area (Å²) in [5.41, 5.74) is 0.228. The number of piperidine rings is 1. The van der Waals surface area contributed by atoms with Gasteiger partial charge in [0.25, 0.3) is 0 Å². The Balaban J connectivity index is 0.00000210. The Morgan fingerprint density at radius 1 is 1.22 bits per heavy atom. The molecule has 7 heteroatoms. The third-order valence-corrected chi connectivity index (χ3v) is 6.24. The fourth-order valence-corrected chi connectivity index (χ4v) is 4.65. The van der Waals surface area contributed by atoms with Gasteiger partial charge in [-0.25, -0.2) is 4.39 Å². The second-order valence-corrected chi connectivity index (χ2v) is 7.76. The average Bonchev–Trinajstić information content (AvgIpc) is 2.61. The number of likely N-dealkylation sites (tertiary alicyclic amines) is 1. The van der Waals surface area contributed by atoms with Crippen LogP contribution in [0.4, 0.5) is 4.39 Å². The summed E-state index contributed by atoms with van der Waals surface area (Å²) < 4.78 is 13.7. The smallest absolute Gasteiger partial charge is 0.236 e. The van der Waals surface area contributed by atoms with Crippen LogP contribution in [-0.4, -0.2) is 60.4 Å². The van der Waals surface area contributed by atoms with Crippen molar-refractivity contribution in [3.8, 4) is 0 Å². The van der Waals surface area contributed by atoms with Crippen LogP contribution in [0.3, 0.4) is 0 Å². The standard InChI is InChI=1S/C20H26FN3O2.ClH/c21-16-5-1-4-15(12-16)20(7-3-8-20)19(26)23-10-2-6-17(14-23)24-11-9-22-13-18(24)25;/h1,4-5,12,17,22H,2-3,6-11,13-14H2;1H. The van der Waals surface area contributed by atoms with E-state index in [1.165, 1.54) is 12.1 Å². The summed E-state index contributed by atoms with van der Waals surface area (Å²) in [5, 5.41) is 3.10. The van der Waals surface area contributed by atoms with E-state index in [4.69, 9.17) is 0 Å². The largest absolute Gasteiger partial charge is 0.340 e. The zero-order valence-corrected chi connectivity index (χ0v) is 16.3. The Hall–Kier alpha value is -1.66. The maximum atomic E-state index is 13.7. The summed E-state index contributed by atoms with van der Waals surface area (Å²) in [7, 11) is 0. The molecule has 0 radical (unpaired) electrons. The van der Waals surface area contributed by atoms with E-state index in [1.54, 1.807) is 6.07 Å². The normalized spacial score (nSPS) is 24.8. The first kappa shape index (κ1) is 20.1. The Kier molecular flexibility index (Phi) is 6.06. The van der Waals surface area contributed by atoms with E-state index in [1.807, 2.05) is 15.9 Å². The predicted octanol–water partition coefficient (Wildman–Crippen LogP) is 2.09. The van der Waals surface area contributed by atoms with Crippen molar-refractivity contribution in [2.75, 3.05) is 32.7 Å². The van der Waals surface area contributed by atoms with E-state index in [-0.39, 0.29) is 36.1 Å². The Morgan fingerprint density at radius 2 is 2.04 bits per heavy atom. The van der Waals surface area contributed by atoms with E-state index < -0.39 is 5.41 Å². The molecule has 5 nitrogen and oxygen atoms in total.